The van der Waals surface area contributed by atoms with Crippen LogP contribution in [0.1, 0.15) is 59.6 Å². The van der Waals surface area contributed by atoms with E-state index in [1.165, 1.54) is 12.1 Å². The second kappa shape index (κ2) is 9.87. The number of alkyl halides is 3. The number of nitrogens with one attached hydrogen (secondary N) is 1. The molecule has 0 radical (unpaired) electrons. The Morgan fingerprint density at radius 2 is 1.68 bits per heavy atom. The number of hydrogen-bond donors (Lipinski definition) is 1. The third kappa shape index (κ3) is 5.40. The highest BCUT2D eigenvalue weighted by Gasteiger charge is 2.32. The Kier molecular flexibility index (Phi) is 6.90. The quantitative estimate of drug-likeness (QED) is 0.680. The molecule has 0 spiro atoms. The van der Waals surface area contributed by atoms with Crippen molar-refractivity contribution in [2.24, 2.45) is 0 Å². The second-order valence-corrected chi connectivity index (χ2v) is 8.64. The molecule has 180 valence electrons. The molecule has 1 atom stereocenters. The Labute approximate surface area is 195 Å². The van der Waals surface area contributed by atoms with Crippen molar-refractivity contribution in [3.63, 3.8) is 0 Å². The topological polar surface area (TPSA) is 69.7 Å². The summed E-state index contributed by atoms with van der Waals surface area (Å²) < 4.78 is 39.8. The number of amides is 3. The van der Waals surface area contributed by atoms with Crippen LogP contribution in [0.2, 0.25) is 0 Å². The second-order valence-electron chi connectivity index (χ2n) is 8.64. The molecule has 2 aromatic carbocycles. The van der Waals surface area contributed by atoms with Crippen molar-refractivity contribution in [3.05, 3.63) is 65.2 Å². The first-order valence-corrected chi connectivity index (χ1v) is 11.4. The molecular formula is C25H26F3N3O3. The van der Waals surface area contributed by atoms with Crippen molar-refractivity contribution < 1.29 is 27.6 Å². The van der Waals surface area contributed by atoms with Crippen molar-refractivity contribution >= 4 is 23.4 Å². The lowest BCUT2D eigenvalue weighted by Gasteiger charge is -2.27. The lowest BCUT2D eigenvalue weighted by atomic mass is 10.0. The minimum atomic E-state index is -4.52. The molecule has 2 saturated heterocycles. The van der Waals surface area contributed by atoms with Crippen molar-refractivity contribution in [1.82, 2.24) is 10.2 Å². The van der Waals surface area contributed by atoms with E-state index in [9.17, 15) is 27.6 Å². The summed E-state index contributed by atoms with van der Waals surface area (Å²) >= 11 is 0. The summed E-state index contributed by atoms with van der Waals surface area (Å²) in [6, 6.07) is 10.6. The fraction of sp³-hybridized carbons (Fsp3) is 0.400. The number of anilines is 1. The first-order valence-electron chi connectivity index (χ1n) is 11.4. The predicted molar refractivity (Wildman–Crippen MR) is 120 cm³/mol. The molecule has 0 saturated carbocycles. The van der Waals surface area contributed by atoms with Gasteiger partial charge in [-0.25, -0.2) is 0 Å². The fourth-order valence-electron chi connectivity index (χ4n) is 4.40. The molecule has 6 nitrogen and oxygen atoms in total. The molecule has 0 aromatic heterocycles. The van der Waals surface area contributed by atoms with Crippen LogP contribution in [0.15, 0.2) is 48.5 Å². The number of rotatable bonds is 6. The molecule has 1 unspecified atom stereocenters. The Morgan fingerprint density at radius 1 is 0.941 bits per heavy atom. The average Bonchev–Trinajstić information content (AvgIpc) is 3.23. The van der Waals surface area contributed by atoms with Crippen molar-refractivity contribution in [1.29, 1.82) is 0 Å². The van der Waals surface area contributed by atoms with Crippen LogP contribution < -0.4 is 10.2 Å². The first-order chi connectivity index (χ1) is 16.2. The summed E-state index contributed by atoms with van der Waals surface area (Å²) in [6.07, 6.45) is -1.17. The maximum atomic E-state index is 13.3. The largest absolute Gasteiger partial charge is 0.416 e. The van der Waals surface area contributed by atoms with E-state index in [1.807, 2.05) is 0 Å². The number of nitrogens with zero attached hydrogens (tertiary/aromatic N) is 2. The molecule has 2 aliphatic heterocycles. The molecule has 2 aliphatic rings. The Hall–Kier alpha value is -3.36. The van der Waals surface area contributed by atoms with Crippen LogP contribution >= 0.6 is 0 Å². The third-order valence-electron chi connectivity index (χ3n) is 6.26. The molecule has 2 heterocycles. The maximum absolute atomic E-state index is 13.3. The molecule has 4 rings (SSSR count). The molecule has 3 amide bonds. The van der Waals surface area contributed by atoms with E-state index in [4.69, 9.17) is 0 Å². The Balaban J connectivity index is 1.54. The lowest BCUT2D eigenvalue weighted by molar-refractivity contribution is -0.137. The smallest absolute Gasteiger partial charge is 0.343 e. The van der Waals surface area contributed by atoms with E-state index in [1.54, 1.807) is 34.1 Å². The minimum absolute atomic E-state index is 0.0448. The van der Waals surface area contributed by atoms with Crippen LogP contribution in [0.5, 0.6) is 0 Å². The van der Waals surface area contributed by atoms with E-state index >= 15 is 0 Å². The van der Waals surface area contributed by atoms with Crippen LogP contribution in [-0.4, -0.2) is 42.3 Å². The van der Waals surface area contributed by atoms with Crippen molar-refractivity contribution in [2.75, 3.05) is 24.5 Å². The number of carbonyl (C=O) groups is 3. The summed E-state index contributed by atoms with van der Waals surface area (Å²) in [4.78, 5) is 40.5. The van der Waals surface area contributed by atoms with E-state index in [-0.39, 0.29) is 23.9 Å². The van der Waals surface area contributed by atoms with Gasteiger partial charge < -0.3 is 15.1 Å². The third-order valence-corrected chi connectivity index (χ3v) is 6.26. The van der Waals surface area contributed by atoms with Gasteiger partial charge >= 0.3 is 6.18 Å². The van der Waals surface area contributed by atoms with Gasteiger partial charge in [-0.2, -0.15) is 13.2 Å². The highest BCUT2D eigenvalue weighted by Crippen LogP contribution is 2.31. The van der Waals surface area contributed by atoms with Gasteiger partial charge in [0.05, 0.1) is 11.6 Å². The summed E-state index contributed by atoms with van der Waals surface area (Å²) in [5, 5.41) is 2.80. The zero-order chi connectivity index (χ0) is 24.3. The summed E-state index contributed by atoms with van der Waals surface area (Å²) in [5.74, 6) is -0.504. The summed E-state index contributed by atoms with van der Waals surface area (Å²) in [6.45, 7) is 1.22. The molecular weight excluding hydrogens is 447 g/mol. The Morgan fingerprint density at radius 3 is 2.32 bits per heavy atom. The van der Waals surface area contributed by atoms with Crippen LogP contribution in [0.3, 0.4) is 0 Å². The zero-order valence-electron chi connectivity index (χ0n) is 18.6. The molecule has 0 bridgehead atoms. The molecule has 1 N–H and O–H groups in total. The van der Waals surface area contributed by atoms with Gasteiger partial charge in [0.1, 0.15) is 0 Å². The van der Waals surface area contributed by atoms with E-state index in [2.05, 4.69) is 5.32 Å². The monoisotopic (exact) mass is 473 g/mol. The van der Waals surface area contributed by atoms with Crippen molar-refractivity contribution in [3.8, 4) is 0 Å². The normalized spacial score (nSPS) is 17.7. The minimum Gasteiger partial charge on any atom is -0.343 e. The maximum Gasteiger partial charge on any atom is 0.416 e. The predicted octanol–water partition coefficient (Wildman–Crippen LogP) is 4.32. The number of halogens is 3. The van der Waals surface area contributed by atoms with Gasteiger partial charge in [0, 0.05) is 43.7 Å². The highest BCUT2D eigenvalue weighted by atomic mass is 19.4. The van der Waals surface area contributed by atoms with Crippen molar-refractivity contribution in [2.45, 2.75) is 44.3 Å². The zero-order valence-corrected chi connectivity index (χ0v) is 18.6. The standard InChI is InChI=1S/C25H26F3N3O3/c26-25(27,28)19-6-3-5-18(15-19)21(16-30-13-4-8-22(30)32)29-24(34)17-9-11-20(12-10-17)31-14-2-1-7-23(31)33/h3,5-6,9-12,15,21H,1-2,4,7-8,13-14,16H2,(H,29,34). The molecule has 34 heavy (non-hydrogen) atoms. The summed E-state index contributed by atoms with van der Waals surface area (Å²) in [7, 11) is 0. The fourth-order valence-corrected chi connectivity index (χ4v) is 4.40. The van der Waals surface area contributed by atoms with Gasteiger partial charge in [0.15, 0.2) is 0 Å². The Bertz CT molecular complexity index is 1070. The molecule has 2 fully saturated rings. The number of piperidine rings is 1. The van der Waals surface area contributed by atoms with Gasteiger partial charge in [-0.1, -0.05) is 12.1 Å². The van der Waals surface area contributed by atoms with Gasteiger partial charge in [-0.05, 0) is 61.2 Å². The van der Waals surface area contributed by atoms with E-state index < -0.39 is 23.7 Å². The molecule has 9 heteroatoms. The van der Waals surface area contributed by atoms with E-state index in [0.29, 0.717) is 43.6 Å². The van der Waals surface area contributed by atoms with Gasteiger partial charge in [0.2, 0.25) is 11.8 Å². The van der Waals surface area contributed by atoms with Gasteiger partial charge in [-0.15, -0.1) is 0 Å². The molecule has 2 aromatic rings. The van der Waals surface area contributed by atoms with Crippen LogP contribution in [0.4, 0.5) is 18.9 Å². The first kappa shape index (κ1) is 23.8. The lowest BCUT2D eigenvalue weighted by Crippen LogP contribution is -2.38. The SMILES string of the molecule is O=C(NC(CN1CCCC1=O)c1cccc(C(F)(F)F)c1)c1ccc(N2CCCCC2=O)cc1. The number of likely N-dealkylation sites (tertiary alicyclic amines) is 1. The van der Waals surface area contributed by atoms with Crippen LogP contribution in [0, 0.1) is 0 Å². The van der Waals surface area contributed by atoms with E-state index in [0.717, 1.165) is 25.0 Å². The number of hydrogen-bond acceptors (Lipinski definition) is 3. The average molecular weight is 473 g/mol. The summed E-state index contributed by atoms with van der Waals surface area (Å²) in [5.41, 5.74) is 0.488. The number of carbonyl (C=O) groups excluding carboxylic acids is 3. The molecule has 0 aliphatic carbocycles. The van der Waals surface area contributed by atoms with Crippen LogP contribution in [-0.2, 0) is 15.8 Å². The van der Waals surface area contributed by atoms with Gasteiger partial charge in [-0.3, -0.25) is 14.4 Å². The van der Waals surface area contributed by atoms with Crippen LogP contribution in [0.25, 0.3) is 0 Å². The van der Waals surface area contributed by atoms with Gasteiger partial charge in [0.25, 0.3) is 5.91 Å². The highest BCUT2D eigenvalue weighted by molar-refractivity contribution is 5.97. The number of benzene rings is 2.